The lowest BCUT2D eigenvalue weighted by Crippen LogP contribution is -2.58. The Morgan fingerprint density at radius 2 is 1.67 bits per heavy atom. The zero-order valence-electron chi connectivity index (χ0n) is 35.3. The fraction of sp³-hybridized carbons (Fsp3) is 0.771. The van der Waals surface area contributed by atoms with Crippen LogP contribution in [-0.4, -0.2) is 66.2 Å². The number of hydrogen-bond donors (Lipinski definition) is 1. The third kappa shape index (κ3) is 7.34. The Balaban J connectivity index is 1.08. The molecule has 7 rings (SSSR count). The van der Waals surface area contributed by atoms with E-state index in [0.29, 0.717) is 66.3 Å². The number of rotatable bonds is 13. The molecule has 5 fully saturated rings. The molecule has 11 unspecified atom stereocenters. The number of Topliss-reactive ketones (excluding diaryl/α,β-unsaturated/α-hetero) is 2. The van der Waals surface area contributed by atoms with Crippen LogP contribution in [0.25, 0.3) is 0 Å². The van der Waals surface area contributed by atoms with Crippen molar-refractivity contribution in [3.05, 3.63) is 46.0 Å². The maximum absolute atomic E-state index is 14.1. The maximum Gasteiger partial charge on any atom is 0.306 e. The number of ketones is 2. The van der Waals surface area contributed by atoms with Gasteiger partial charge in [0.15, 0.2) is 5.78 Å². The number of fused-ring (bicyclic) bond motifs is 7. The quantitative estimate of drug-likeness (QED) is 0.215. The highest BCUT2D eigenvalue weighted by Gasteiger charge is 2.63. The summed E-state index contributed by atoms with van der Waals surface area (Å²) in [6.07, 6.45) is 12.6. The fourth-order valence-electron chi connectivity index (χ4n) is 14.4. The van der Waals surface area contributed by atoms with Crippen molar-refractivity contribution < 1.29 is 19.5 Å². The summed E-state index contributed by atoms with van der Waals surface area (Å²) >= 11 is 6.69. The molecule has 11 atom stereocenters. The molecule has 0 amide bonds. The summed E-state index contributed by atoms with van der Waals surface area (Å²) < 4.78 is 0. The molecule has 55 heavy (non-hydrogen) atoms. The molecule has 0 bridgehead atoms. The van der Waals surface area contributed by atoms with Gasteiger partial charge in [0.25, 0.3) is 0 Å². The number of carbonyl (C=O) groups excluding carboxylic acids is 2. The predicted octanol–water partition coefficient (Wildman–Crippen LogP) is 10.2. The smallest absolute Gasteiger partial charge is 0.306 e. The van der Waals surface area contributed by atoms with Gasteiger partial charge in [-0.2, -0.15) is 0 Å². The number of carboxylic acids is 1. The number of hydrogen-bond acceptors (Lipinski definition) is 5. The van der Waals surface area contributed by atoms with E-state index < -0.39 is 5.97 Å². The third-order valence-corrected chi connectivity index (χ3v) is 17.8. The fourth-order valence-corrected chi connectivity index (χ4v) is 14.6. The summed E-state index contributed by atoms with van der Waals surface area (Å²) in [5, 5.41) is 10.4. The summed E-state index contributed by atoms with van der Waals surface area (Å²) in [5.74, 6) is 3.36. The zero-order valence-corrected chi connectivity index (χ0v) is 36.1. The lowest BCUT2D eigenvalue weighted by molar-refractivity contribution is -0.162. The van der Waals surface area contributed by atoms with Crippen molar-refractivity contribution in [3.8, 4) is 0 Å². The Labute approximate surface area is 337 Å². The van der Waals surface area contributed by atoms with E-state index in [9.17, 15) is 19.5 Å². The molecule has 0 saturated heterocycles. The molecule has 7 heteroatoms. The molecule has 1 N–H and O–H groups in total. The third-order valence-electron chi connectivity index (χ3n) is 17.4. The van der Waals surface area contributed by atoms with Gasteiger partial charge < -0.3 is 10.0 Å². The van der Waals surface area contributed by atoms with E-state index in [1.54, 1.807) is 5.57 Å². The molecule has 6 aliphatic rings. The average Bonchev–Trinajstić information content (AvgIpc) is 3.43. The SMILES string of the molecule is CC(C)C1=C2C3CCC4C(CCC5C(C)(C)C(CC(=O)C6CC(C(=O)O)C6C)CCC45C)C3CCC2(CCN(CCN(C)C)Cc2ccccc2Cl)CC1=O. The summed E-state index contributed by atoms with van der Waals surface area (Å²) in [7, 11) is 4.29. The molecule has 0 radical (unpaired) electrons. The maximum atomic E-state index is 14.1. The number of carboxylic acid groups (broad SMARTS) is 1. The predicted molar refractivity (Wildman–Crippen MR) is 222 cm³/mol. The topological polar surface area (TPSA) is 77.9 Å². The Morgan fingerprint density at radius 1 is 0.927 bits per heavy atom. The van der Waals surface area contributed by atoms with E-state index in [4.69, 9.17) is 11.6 Å². The van der Waals surface area contributed by atoms with Gasteiger partial charge in [-0.05, 0) is 160 Å². The number of likely N-dealkylation sites (N-methyl/N-ethyl adjacent to an activating group) is 1. The first-order valence-electron chi connectivity index (χ1n) is 22.1. The summed E-state index contributed by atoms with van der Waals surface area (Å²) in [4.78, 5) is 44.2. The van der Waals surface area contributed by atoms with Crippen molar-refractivity contribution >= 4 is 29.1 Å². The van der Waals surface area contributed by atoms with E-state index in [1.165, 1.54) is 49.7 Å². The summed E-state index contributed by atoms with van der Waals surface area (Å²) in [6.45, 7) is 17.8. The standard InChI is InChI=1S/C48H71ClN2O4/c1-29(2)43-41(53)27-48(21-22-51(24-23-50(7)8)28-31-11-9-10-12-39(31)49)20-18-33-34-14-16-42-46(4,5)32(25-40(52)36-26-37(30(36)3)45(54)55)17-19-47(42,6)38(34)15-13-35(33)44(43)48/h9-12,29-30,32-38,42H,13-28H2,1-8H3,(H,54,55). The van der Waals surface area contributed by atoms with E-state index in [0.717, 1.165) is 50.5 Å². The minimum absolute atomic E-state index is 0.0162. The van der Waals surface area contributed by atoms with Crippen molar-refractivity contribution in [2.75, 3.05) is 33.7 Å². The number of halogens is 1. The van der Waals surface area contributed by atoms with Crippen LogP contribution in [0.1, 0.15) is 124 Å². The van der Waals surface area contributed by atoms with E-state index >= 15 is 0 Å². The highest BCUT2D eigenvalue weighted by molar-refractivity contribution is 6.31. The molecular formula is C48H71ClN2O4. The normalized spacial score (nSPS) is 38.0. The van der Waals surface area contributed by atoms with Crippen LogP contribution in [0.5, 0.6) is 0 Å². The molecule has 0 spiro atoms. The Morgan fingerprint density at radius 3 is 2.35 bits per heavy atom. The Bertz CT molecular complexity index is 1670. The van der Waals surface area contributed by atoms with Gasteiger partial charge in [0.1, 0.15) is 5.78 Å². The van der Waals surface area contributed by atoms with Gasteiger partial charge in [0, 0.05) is 48.8 Å². The number of allylic oxidation sites excluding steroid dienone is 2. The second kappa shape index (κ2) is 15.6. The van der Waals surface area contributed by atoms with Crippen LogP contribution in [0.2, 0.25) is 5.02 Å². The zero-order chi connectivity index (χ0) is 39.6. The molecule has 0 heterocycles. The first kappa shape index (κ1) is 41.2. The molecule has 1 aromatic carbocycles. The highest BCUT2D eigenvalue weighted by atomic mass is 35.5. The minimum atomic E-state index is -0.747. The lowest BCUT2D eigenvalue weighted by Gasteiger charge is -2.65. The monoisotopic (exact) mass is 775 g/mol. The van der Waals surface area contributed by atoms with Crippen LogP contribution in [0.4, 0.5) is 0 Å². The van der Waals surface area contributed by atoms with Crippen LogP contribution < -0.4 is 0 Å². The van der Waals surface area contributed by atoms with Gasteiger partial charge >= 0.3 is 5.97 Å². The molecule has 0 aliphatic heterocycles. The van der Waals surface area contributed by atoms with Crippen LogP contribution in [-0.2, 0) is 20.9 Å². The molecule has 6 nitrogen and oxygen atoms in total. The van der Waals surface area contributed by atoms with Gasteiger partial charge in [-0.3, -0.25) is 19.3 Å². The highest BCUT2D eigenvalue weighted by Crippen LogP contribution is 2.70. The Kier molecular flexibility index (Phi) is 11.7. The van der Waals surface area contributed by atoms with Crippen molar-refractivity contribution in [2.24, 2.45) is 75.4 Å². The average molecular weight is 776 g/mol. The van der Waals surface area contributed by atoms with Crippen LogP contribution >= 0.6 is 11.6 Å². The largest absolute Gasteiger partial charge is 0.481 e. The van der Waals surface area contributed by atoms with Gasteiger partial charge in [-0.25, -0.2) is 0 Å². The second-order valence-corrected chi connectivity index (χ2v) is 21.4. The van der Waals surface area contributed by atoms with E-state index in [1.807, 2.05) is 19.1 Å². The van der Waals surface area contributed by atoms with E-state index in [-0.39, 0.29) is 39.9 Å². The minimum Gasteiger partial charge on any atom is -0.481 e. The first-order chi connectivity index (χ1) is 26.0. The summed E-state index contributed by atoms with van der Waals surface area (Å²) in [5.41, 5.74) is 4.31. The molecule has 5 saturated carbocycles. The van der Waals surface area contributed by atoms with Gasteiger partial charge in [0.2, 0.25) is 0 Å². The molecule has 1 aromatic rings. The van der Waals surface area contributed by atoms with Crippen LogP contribution in [0.3, 0.4) is 0 Å². The van der Waals surface area contributed by atoms with Crippen molar-refractivity contribution in [1.29, 1.82) is 0 Å². The number of nitrogens with zero attached hydrogens (tertiary/aromatic N) is 2. The first-order valence-corrected chi connectivity index (χ1v) is 22.5. The molecule has 304 valence electrons. The number of aliphatic carboxylic acids is 1. The molecule has 0 aromatic heterocycles. The van der Waals surface area contributed by atoms with Crippen molar-refractivity contribution in [3.63, 3.8) is 0 Å². The van der Waals surface area contributed by atoms with E-state index in [2.05, 4.69) is 70.6 Å². The van der Waals surface area contributed by atoms with Gasteiger partial charge in [-0.1, -0.05) is 76.9 Å². The van der Waals surface area contributed by atoms with Crippen molar-refractivity contribution in [2.45, 2.75) is 125 Å². The van der Waals surface area contributed by atoms with Gasteiger partial charge in [0.05, 0.1) is 5.92 Å². The molecule has 6 aliphatic carbocycles. The van der Waals surface area contributed by atoms with Crippen molar-refractivity contribution in [1.82, 2.24) is 9.80 Å². The number of benzene rings is 1. The second-order valence-electron chi connectivity index (χ2n) is 20.9. The van der Waals surface area contributed by atoms with Crippen LogP contribution in [0, 0.1) is 75.4 Å². The lowest BCUT2D eigenvalue weighted by atomic mass is 9.39. The van der Waals surface area contributed by atoms with Gasteiger partial charge in [-0.15, -0.1) is 0 Å². The number of carbonyl (C=O) groups is 3. The Hall–Kier alpha value is -2.02. The van der Waals surface area contributed by atoms with Crippen LogP contribution in [0.15, 0.2) is 35.4 Å². The molecular weight excluding hydrogens is 704 g/mol. The summed E-state index contributed by atoms with van der Waals surface area (Å²) in [6, 6.07) is 8.25.